The highest BCUT2D eigenvalue weighted by molar-refractivity contribution is 6.36. The van der Waals surface area contributed by atoms with Crippen LogP contribution >= 0.6 is 23.2 Å². The molecule has 2 amide bonds. The van der Waals surface area contributed by atoms with E-state index in [-0.39, 0.29) is 18.7 Å². The molecule has 0 saturated carbocycles. The van der Waals surface area contributed by atoms with Crippen molar-refractivity contribution in [3.8, 4) is 0 Å². The van der Waals surface area contributed by atoms with Crippen LogP contribution in [0.15, 0.2) is 18.3 Å². The van der Waals surface area contributed by atoms with Crippen molar-refractivity contribution in [3.05, 3.63) is 39.6 Å². The molecule has 0 radical (unpaired) electrons. The van der Waals surface area contributed by atoms with Crippen LogP contribution in [0, 0.1) is 6.92 Å². The Morgan fingerprint density at radius 1 is 1.40 bits per heavy atom. The highest BCUT2D eigenvalue weighted by atomic mass is 35.5. The molecule has 0 bridgehead atoms. The Kier molecular flexibility index (Phi) is 5.46. The third kappa shape index (κ3) is 4.05. The molecule has 1 aliphatic heterocycles. The Bertz CT molecular complexity index is 780. The first-order chi connectivity index (χ1) is 12.0. The van der Waals surface area contributed by atoms with Crippen LogP contribution in [-0.2, 0) is 6.61 Å². The molecule has 1 saturated heterocycles. The van der Waals surface area contributed by atoms with Gasteiger partial charge in [-0.3, -0.25) is 0 Å². The number of benzene rings is 1. The van der Waals surface area contributed by atoms with Gasteiger partial charge >= 0.3 is 6.03 Å². The molecule has 25 heavy (non-hydrogen) atoms. The van der Waals surface area contributed by atoms with Crippen LogP contribution in [0.2, 0.25) is 10.0 Å². The minimum Gasteiger partial charge on any atom is -0.390 e. The Morgan fingerprint density at radius 3 is 2.92 bits per heavy atom. The van der Waals surface area contributed by atoms with E-state index < -0.39 is 0 Å². The summed E-state index contributed by atoms with van der Waals surface area (Å²) in [6.45, 7) is 2.87. The third-order valence-corrected chi connectivity index (χ3v) is 4.99. The number of aliphatic hydroxyl groups is 1. The van der Waals surface area contributed by atoms with Gasteiger partial charge in [0.05, 0.1) is 29.6 Å². The second-order valence-corrected chi connectivity index (χ2v) is 6.92. The van der Waals surface area contributed by atoms with Crippen molar-refractivity contribution in [2.45, 2.75) is 32.4 Å². The molecule has 1 fully saturated rings. The van der Waals surface area contributed by atoms with Gasteiger partial charge in [0.1, 0.15) is 5.69 Å². The monoisotopic (exact) mass is 383 g/mol. The summed E-state index contributed by atoms with van der Waals surface area (Å²) in [4.78, 5) is 14.3. The molecular weight excluding hydrogens is 365 g/mol. The van der Waals surface area contributed by atoms with Crippen LogP contribution in [0.5, 0.6) is 0 Å². The number of nitrogens with zero attached hydrogens (tertiary/aromatic N) is 4. The van der Waals surface area contributed by atoms with E-state index in [1.54, 1.807) is 27.9 Å². The number of amides is 2. The zero-order valence-electron chi connectivity index (χ0n) is 13.7. The van der Waals surface area contributed by atoms with Gasteiger partial charge in [-0.05, 0) is 37.5 Å². The average Bonchev–Trinajstić information content (AvgIpc) is 3.09. The summed E-state index contributed by atoms with van der Waals surface area (Å²) in [5, 5.41) is 20.9. The molecule has 3 rings (SSSR count). The van der Waals surface area contributed by atoms with E-state index >= 15 is 0 Å². The Balaban J connectivity index is 1.69. The van der Waals surface area contributed by atoms with Gasteiger partial charge in [-0.15, -0.1) is 5.10 Å². The van der Waals surface area contributed by atoms with Gasteiger partial charge in [0.15, 0.2) is 0 Å². The van der Waals surface area contributed by atoms with E-state index in [2.05, 4.69) is 15.6 Å². The maximum Gasteiger partial charge on any atom is 0.321 e. The number of aromatic nitrogens is 3. The highest BCUT2D eigenvalue weighted by Gasteiger charge is 2.26. The van der Waals surface area contributed by atoms with E-state index in [4.69, 9.17) is 28.3 Å². The smallest absolute Gasteiger partial charge is 0.321 e. The van der Waals surface area contributed by atoms with Gasteiger partial charge in [0.25, 0.3) is 0 Å². The fourth-order valence-corrected chi connectivity index (χ4v) is 3.28. The summed E-state index contributed by atoms with van der Waals surface area (Å²) >= 11 is 12.3. The van der Waals surface area contributed by atoms with E-state index in [0.29, 0.717) is 34.5 Å². The number of hydrogen-bond donors (Lipinski definition) is 2. The van der Waals surface area contributed by atoms with E-state index in [9.17, 15) is 4.79 Å². The van der Waals surface area contributed by atoms with Crippen LogP contribution in [0.25, 0.3) is 0 Å². The number of anilines is 1. The normalized spacial score (nSPS) is 17.6. The van der Waals surface area contributed by atoms with Crippen LogP contribution in [-0.4, -0.2) is 44.1 Å². The molecule has 0 spiro atoms. The fourth-order valence-electron chi connectivity index (χ4n) is 2.86. The number of hydrogen-bond acceptors (Lipinski definition) is 4. The van der Waals surface area contributed by atoms with Crippen molar-refractivity contribution >= 4 is 34.9 Å². The Morgan fingerprint density at radius 2 is 2.20 bits per heavy atom. The van der Waals surface area contributed by atoms with Crippen molar-refractivity contribution in [1.82, 2.24) is 19.9 Å². The van der Waals surface area contributed by atoms with Crippen LogP contribution in [0.3, 0.4) is 0 Å². The zero-order valence-corrected chi connectivity index (χ0v) is 15.3. The topological polar surface area (TPSA) is 83.3 Å². The minimum absolute atomic E-state index is 0.0318. The summed E-state index contributed by atoms with van der Waals surface area (Å²) in [6.07, 6.45) is 3.46. The van der Waals surface area contributed by atoms with Crippen molar-refractivity contribution in [2.24, 2.45) is 0 Å². The predicted molar refractivity (Wildman–Crippen MR) is 96.0 cm³/mol. The van der Waals surface area contributed by atoms with Crippen molar-refractivity contribution < 1.29 is 9.90 Å². The molecule has 1 aromatic heterocycles. The number of urea groups is 1. The maximum atomic E-state index is 12.6. The van der Waals surface area contributed by atoms with Gasteiger partial charge in [-0.25, -0.2) is 9.48 Å². The largest absolute Gasteiger partial charge is 0.390 e. The lowest BCUT2D eigenvalue weighted by atomic mass is 10.1. The number of likely N-dealkylation sites (tertiary alicyclic amines) is 1. The van der Waals surface area contributed by atoms with Gasteiger partial charge in [0.2, 0.25) is 0 Å². The van der Waals surface area contributed by atoms with Crippen molar-refractivity contribution in [1.29, 1.82) is 0 Å². The molecular formula is C16H19Cl2N5O2. The highest BCUT2D eigenvalue weighted by Crippen LogP contribution is 2.29. The van der Waals surface area contributed by atoms with E-state index in [1.807, 2.05) is 6.92 Å². The van der Waals surface area contributed by atoms with Gasteiger partial charge in [0, 0.05) is 18.1 Å². The summed E-state index contributed by atoms with van der Waals surface area (Å²) in [5.41, 5.74) is 1.86. The van der Waals surface area contributed by atoms with E-state index in [0.717, 1.165) is 18.4 Å². The van der Waals surface area contributed by atoms with Crippen LogP contribution in [0.4, 0.5) is 10.5 Å². The zero-order chi connectivity index (χ0) is 18.0. The summed E-state index contributed by atoms with van der Waals surface area (Å²) in [6, 6.07) is 3.19. The molecule has 1 aromatic carbocycles. The minimum atomic E-state index is -0.228. The lowest BCUT2D eigenvalue weighted by molar-refractivity contribution is 0.174. The van der Waals surface area contributed by atoms with Crippen molar-refractivity contribution in [3.63, 3.8) is 0 Å². The number of carbonyl (C=O) groups is 1. The molecule has 1 atom stereocenters. The van der Waals surface area contributed by atoms with Crippen molar-refractivity contribution in [2.75, 3.05) is 18.4 Å². The first-order valence-electron chi connectivity index (χ1n) is 8.01. The molecule has 2 heterocycles. The third-order valence-electron chi connectivity index (χ3n) is 4.27. The number of piperidine rings is 1. The summed E-state index contributed by atoms with van der Waals surface area (Å²) in [7, 11) is 0. The number of halogens is 2. The predicted octanol–water partition coefficient (Wildman–Crippen LogP) is 3.25. The quantitative estimate of drug-likeness (QED) is 0.851. The number of nitrogens with one attached hydrogen (secondary N) is 1. The Hall–Kier alpha value is -1.83. The van der Waals surface area contributed by atoms with Gasteiger partial charge in [-0.2, -0.15) is 0 Å². The lowest BCUT2D eigenvalue weighted by Crippen LogP contribution is -2.43. The number of rotatable bonds is 3. The molecule has 2 N–H and O–H groups in total. The maximum absolute atomic E-state index is 12.6. The molecule has 1 aliphatic rings. The summed E-state index contributed by atoms with van der Waals surface area (Å²) < 4.78 is 1.71. The lowest BCUT2D eigenvalue weighted by Gasteiger charge is -2.32. The van der Waals surface area contributed by atoms with Gasteiger partial charge < -0.3 is 15.3 Å². The fraction of sp³-hybridized carbons (Fsp3) is 0.438. The molecule has 0 aliphatic carbocycles. The SMILES string of the molecule is Cc1cc(Cl)c(NC(=O)N2CCCC(n3cc(CO)nn3)C2)cc1Cl. The molecule has 1 unspecified atom stereocenters. The van der Waals surface area contributed by atoms with Gasteiger partial charge in [-0.1, -0.05) is 28.4 Å². The molecule has 7 nitrogen and oxygen atoms in total. The van der Waals surface area contributed by atoms with Crippen LogP contribution < -0.4 is 5.32 Å². The second-order valence-electron chi connectivity index (χ2n) is 6.10. The molecule has 9 heteroatoms. The first kappa shape index (κ1) is 18.0. The van der Waals surface area contributed by atoms with E-state index in [1.165, 1.54) is 0 Å². The standard InChI is InChI=1S/C16H19Cl2N5O2/c1-10-5-14(18)15(6-13(10)17)19-16(25)22-4-2-3-12(8-22)23-7-11(9-24)20-21-23/h5-7,12,24H,2-4,8-9H2,1H3,(H,19,25). The first-order valence-corrected chi connectivity index (χ1v) is 8.76. The number of carbonyl (C=O) groups excluding carboxylic acids is 1. The summed E-state index contributed by atoms with van der Waals surface area (Å²) in [5.74, 6) is 0. The second kappa shape index (κ2) is 7.59. The van der Waals surface area contributed by atoms with Crippen LogP contribution in [0.1, 0.15) is 30.1 Å². The number of aryl methyl sites for hydroxylation is 1. The molecule has 2 aromatic rings. The average molecular weight is 384 g/mol. The molecule has 134 valence electrons. The Labute approximate surface area is 155 Å². The number of aliphatic hydroxyl groups excluding tert-OH is 1.